The van der Waals surface area contributed by atoms with Crippen molar-refractivity contribution in [3.63, 3.8) is 0 Å². The lowest BCUT2D eigenvalue weighted by Crippen LogP contribution is -2.21. The van der Waals surface area contributed by atoms with Crippen LogP contribution in [0.3, 0.4) is 0 Å². The van der Waals surface area contributed by atoms with Gasteiger partial charge in [0, 0.05) is 5.69 Å². The highest BCUT2D eigenvalue weighted by Crippen LogP contribution is 2.11. The monoisotopic (exact) mass is 369 g/mol. The zero-order chi connectivity index (χ0) is 19.6. The Morgan fingerprint density at radius 3 is 2.00 bits per heavy atom. The van der Waals surface area contributed by atoms with Crippen LogP contribution in [-0.2, 0) is 14.3 Å². The van der Waals surface area contributed by atoms with Gasteiger partial charge in [-0.25, -0.2) is 9.59 Å². The minimum atomic E-state index is -0.560. The van der Waals surface area contributed by atoms with Gasteiger partial charge in [0.25, 0.3) is 5.91 Å². The van der Waals surface area contributed by atoms with Crippen molar-refractivity contribution in [1.82, 2.24) is 0 Å². The first-order valence-electron chi connectivity index (χ1n) is 8.80. The standard InChI is InChI=1S/C21H23NO5/c1-3-4-13-26-20(24)17-9-11-18(12-10-17)22-19(23)14-27-21(25)16-7-5-15(2)6-8-16/h5-12H,3-4,13-14H2,1-2H3,(H,22,23). The molecule has 27 heavy (non-hydrogen) atoms. The number of carbonyl (C=O) groups excluding carboxylic acids is 3. The summed E-state index contributed by atoms with van der Waals surface area (Å²) < 4.78 is 10.1. The Bertz CT molecular complexity index is 781. The number of hydrogen-bond acceptors (Lipinski definition) is 5. The van der Waals surface area contributed by atoms with E-state index in [0.29, 0.717) is 23.4 Å². The molecular weight excluding hydrogens is 346 g/mol. The summed E-state index contributed by atoms with van der Waals surface area (Å²) in [6.07, 6.45) is 1.77. The van der Waals surface area contributed by atoms with Gasteiger partial charge in [0.1, 0.15) is 0 Å². The molecule has 0 fully saturated rings. The number of ether oxygens (including phenoxy) is 2. The minimum absolute atomic E-state index is 0.388. The third-order valence-electron chi connectivity index (χ3n) is 3.76. The number of nitrogens with one attached hydrogen (secondary N) is 1. The van der Waals surface area contributed by atoms with Crippen LogP contribution in [0.25, 0.3) is 0 Å². The van der Waals surface area contributed by atoms with Crippen LogP contribution in [0.2, 0.25) is 0 Å². The molecule has 0 unspecified atom stereocenters. The molecule has 0 saturated heterocycles. The fourth-order valence-electron chi connectivity index (χ4n) is 2.18. The Kier molecular flexibility index (Phi) is 7.55. The number of esters is 2. The minimum Gasteiger partial charge on any atom is -0.462 e. The van der Waals surface area contributed by atoms with E-state index in [1.54, 1.807) is 48.5 Å². The van der Waals surface area contributed by atoms with Crippen molar-refractivity contribution in [2.45, 2.75) is 26.7 Å². The van der Waals surface area contributed by atoms with Crippen molar-refractivity contribution < 1.29 is 23.9 Å². The van der Waals surface area contributed by atoms with E-state index >= 15 is 0 Å². The van der Waals surface area contributed by atoms with Crippen molar-refractivity contribution in [2.75, 3.05) is 18.5 Å². The Morgan fingerprint density at radius 1 is 0.852 bits per heavy atom. The Morgan fingerprint density at radius 2 is 1.41 bits per heavy atom. The molecule has 0 saturated carbocycles. The third kappa shape index (κ3) is 6.58. The van der Waals surface area contributed by atoms with E-state index in [1.807, 2.05) is 13.8 Å². The summed E-state index contributed by atoms with van der Waals surface area (Å²) in [5, 5.41) is 2.61. The summed E-state index contributed by atoms with van der Waals surface area (Å²) in [5.74, 6) is -1.42. The maximum atomic E-state index is 11.9. The number of hydrogen-bond donors (Lipinski definition) is 1. The van der Waals surface area contributed by atoms with Gasteiger partial charge in [0.05, 0.1) is 17.7 Å². The number of amides is 1. The molecule has 0 aliphatic carbocycles. The second-order valence-electron chi connectivity index (χ2n) is 6.06. The van der Waals surface area contributed by atoms with Crippen LogP contribution in [0, 0.1) is 6.92 Å². The van der Waals surface area contributed by atoms with E-state index in [4.69, 9.17) is 9.47 Å². The van der Waals surface area contributed by atoms with E-state index in [2.05, 4.69) is 5.32 Å². The molecule has 6 heteroatoms. The van der Waals surface area contributed by atoms with Gasteiger partial charge in [0.15, 0.2) is 6.61 Å². The molecule has 2 rings (SSSR count). The van der Waals surface area contributed by atoms with Crippen LogP contribution in [0.5, 0.6) is 0 Å². The summed E-state index contributed by atoms with van der Waals surface area (Å²) in [6, 6.07) is 13.2. The second kappa shape index (κ2) is 10.1. The fraction of sp³-hybridized carbons (Fsp3) is 0.286. The van der Waals surface area contributed by atoms with Gasteiger partial charge in [-0.15, -0.1) is 0 Å². The van der Waals surface area contributed by atoms with Crippen molar-refractivity contribution >= 4 is 23.5 Å². The van der Waals surface area contributed by atoms with Gasteiger partial charge in [-0.05, 0) is 49.7 Å². The highest BCUT2D eigenvalue weighted by atomic mass is 16.5. The molecule has 142 valence electrons. The predicted octanol–water partition coefficient (Wildman–Crippen LogP) is 3.75. The van der Waals surface area contributed by atoms with Crippen molar-refractivity contribution in [1.29, 1.82) is 0 Å². The molecular formula is C21H23NO5. The molecule has 0 aliphatic heterocycles. The average molecular weight is 369 g/mol. The van der Waals surface area contributed by atoms with Crippen LogP contribution in [0.15, 0.2) is 48.5 Å². The summed E-state index contributed by atoms with van der Waals surface area (Å²) >= 11 is 0. The van der Waals surface area contributed by atoms with Gasteiger partial charge in [-0.3, -0.25) is 4.79 Å². The molecule has 1 amide bonds. The number of rotatable bonds is 8. The normalized spacial score (nSPS) is 10.1. The molecule has 2 aromatic carbocycles. The largest absolute Gasteiger partial charge is 0.462 e. The first kappa shape index (κ1) is 20.2. The summed E-state index contributed by atoms with van der Waals surface area (Å²) in [4.78, 5) is 35.6. The third-order valence-corrected chi connectivity index (χ3v) is 3.76. The zero-order valence-corrected chi connectivity index (χ0v) is 15.5. The predicted molar refractivity (Wildman–Crippen MR) is 102 cm³/mol. The molecule has 2 aromatic rings. The van der Waals surface area contributed by atoms with E-state index < -0.39 is 24.5 Å². The zero-order valence-electron chi connectivity index (χ0n) is 15.5. The molecule has 0 aromatic heterocycles. The number of aryl methyl sites for hydroxylation is 1. The lowest BCUT2D eigenvalue weighted by molar-refractivity contribution is -0.119. The van der Waals surface area contributed by atoms with Crippen molar-refractivity contribution in [2.24, 2.45) is 0 Å². The number of carbonyl (C=O) groups is 3. The van der Waals surface area contributed by atoms with Gasteiger partial charge in [0.2, 0.25) is 0 Å². The summed E-state index contributed by atoms with van der Waals surface area (Å²) in [6.45, 7) is 3.93. The fourth-order valence-corrected chi connectivity index (χ4v) is 2.18. The molecule has 0 radical (unpaired) electrons. The quantitative estimate of drug-likeness (QED) is 0.566. The van der Waals surface area contributed by atoms with Crippen LogP contribution in [0.1, 0.15) is 46.0 Å². The lowest BCUT2D eigenvalue weighted by atomic mass is 10.1. The highest BCUT2D eigenvalue weighted by molar-refractivity contribution is 5.96. The average Bonchev–Trinajstić information content (AvgIpc) is 2.67. The maximum absolute atomic E-state index is 11.9. The first-order chi connectivity index (χ1) is 13.0. The van der Waals surface area contributed by atoms with Gasteiger partial charge < -0.3 is 14.8 Å². The van der Waals surface area contributed by atoms with E-state index in [9.17, 15) is 14.4 Å². The van der Waals surface area contributed by atoms with Gasteiger partial charge in [-0.2, -0.15) is 0 Å². The van der Waals surface area contributed by atoms with Gasteiger partial charge >= 0.3 is 11.9 Å². The van der Waals surface area contributed by atoms with Crippen LogP contribution in [0.4, 0.5) is 5.69 Å². The Balaban J connectivity index is 1.80. The second-order valence-corrected chi connectivity index (χ2v) is 6.06. The molecule has 0 aliphatic rings. The number of anilines is 1. The molecule has 6 nitrogen and oxygen atoms in total. The van der Waals surface area contributed by atoms with E-state index in [0.717, 1.165) is 18.4 Å². The molecule has 0 bridgehead atoms. The molecule has 0 atom stereocenters. The van der Waals surface area contributed by atoms with Crippen LogP contribution < -0.4 is 5.32 Å². The van der Waals surface area contributed by atoms with Crippen LogP contribution in [-0.4, -0.2) is 31.1 Å². The SMILES string of the molecule is CCCCOC(=O)c1ccc(NC(=O)COC(=O)c2ccc(C)cc2)cc1. The first-order valence-corrected chi connectivity index (χ1v) is 8.80. The van der Waals surface area contributed by atoms with Crippen molar-refractivity contribution in [3.05, 3.63) is 65.2 Å². The Labute approximate surface area is 158 Å². The lowest BCUT2D eigenvalue weighted by Gasteiger charge is -2.08. The molecule has 0 heterocycles. The van der Waals surface area contributed by atoms with Crippen LogP contribution >= 0.6 is 0 Å². The topological polar surface area (TPSA) is 81.7 Å². The number of benzene rings is 2. The smallest absolute Gasteiger partial charge is 0.338 e. The van der Waals surface area contributed by atoms with E-state index in [-0.39, 0.29) is 0 Å². The van der Waals surface area contributed by atoms with E-state index in [1.165, 1.54) is 0 Å². The number of unbranched alkanes of at least 4 members (excludes halogenated alkanes) is 1. The summed E-state index contributed by atoms with van der Waals surface area (Å²) in [5.41, 5.74) is 2.33. The highest BCUT2D eigenvalue weighted by Gasteiger charge is 2.11. The van der Waals surface area contributed by atoms with Gasteiger partial charge in [-0.1, -0.05) is 31.0 Å². The summed E-state index contributed by atoms with van der Waals surface area (Å²) in [7, 11) is 0. The molecule has 0 spiro atoms. The molecule has 1 N–H and O–H groups in total. The Hall–Kier alpha value is -3.15. The maximum Gasteiger partial charge on any atom is 0.338 e. The van der Waals surface area contributed by atoms with Crippen molar-refractivity contribution in [3.8, 4) is 0 Å².